The molecule has 0 unspecified atom stereocenters. The highest BCUT2D eigenvalue weighted by Crippen LogP contribution is 2.38. The average Bonchev–Trinajstić information content (AvgIpc) is 2.66. The molecule has 20 heavy (non-hydrogen) atoms. The molecule has 0 radical (unpaired) electrons. The summed E-state index contributed by atoms with van der Waals surface area (Å²) in [6.07, 6.45) is 2.01. The van der Waals surface area contributed by atoms with E-state index >= 15 is 0 Å². The molecule has 0 atom stereocenters. The van der Waals surface area contributed by atoms with E-state index in [0.717, 1.165) is 44.1 Å². The van der Waals surface area contributed by atoms with Crippen molar-refractivity contribution in [2.45, 2.75) is 32.7 Å². The molecule has 2 heterocycles. The van der Waals surface area contributed by atoms with Crippen LogP contribution in [0, 0.1) is 0 Å². The molecule has 2 aromatic rings. The normalized spacial score (nSPS) is 14.8. The van der Waals surface area contributed by atoms with Crippen LogP contribution >= 0.6 is 11.3 Å². The Balaban J connectivity index is 1.85. The molecule has 4 heteroatoms. The van der Waals surface area contributed by atoms with Crippen LogP contribution in [0.15, 0.2) is 17.5 Å². The number of thiophene rings is 1. The Kier molecular flexibility index (Phi) is 4.13. The van der Waals surface area contributed by atoms with E-state index < -0.39 is 0 Å². The van der Waals surface area contributed by atoms with E-state index in [1.165, 1.54) is 15.6 Å². The first kappa shape index (κ1) is 13.7. The van der Waals surface area contributed by atoms with Gasteiger partial charge in [0.15, 0.2) is 11.5 Å². The van der Waals surface area contributed by atoms with Gasteiger partial charge in [0.25, 0.3) is 0 Å². The van der Waals surface area contributed by atoms with Crippen LogP contribution < -0.4 is 14.8 Å². The van der Waals surface area contributed by atoms with Gasteiger partial charge in [-0.3, -0.25) is 0 Å². The molecule has 0 spiro atoms. The van der Waals surface area contributed by atoms with Gasteiger partial charge >= 0.3 is 0 Å². The predicted octanol–water partition coefficient (Wildman–Crippen LogP) is 3.60. The molecular weight excluding hydrogens is 270 g/mol. The van der Waals surface area contributed by atoms with Crippen LogP contribution in [0.2, 0.25) is 0 Å². The summed E-state index contributed by atoms with van der Waals surface area (Å²) in [6.45, 7) is 6.85. The maximum absolute atomic E-state index is 5.79. The molecule has 1 aliphatic heterocycles. The van der Waals surface area contributed by atoms with Crippen LogP contribution in [-0.4, -0.2) is 25.8 Å². The van der Waals surface area contributed by atoms with Crippen LogP contribution in [0.5, 0.6) is 11.5 Å². The Bertz CT molecular complexity index is 591. The fraction of sp³-hybridized carbons (Fsp3) is 0.500. The van der Waals surface area contributed by atoms with Crippen molar-refractivity contribution >= 4 is 21.4 Å². The third-order valence-electron chi connectivity index (χ3n) is 3.47. The number of benzene rings is 1. The van der Waals surface area contributed by atoms with Crippen molar-refractivity contribution in [2.75, 3.05) is 19.8 Å². The van der Waals surface area contributed by atoms with E-state index in [-0.39, 0.29) is 0 Å². The average molecular weight is 291 g/mol. The van der Waals surface area contributed by atoms with Crippen molar-refractivity contribution in [3.05, 3.63) is 23.1 Å². The first-order chi connectivity index (χ1) is 9.74. The Morgan fingerprint density at radius 2 is 1.95 bits per heavy atom. The molecule has 1 N–H and O–H groups in total. The van der Waals surface area contributed by atoms with Crippen LogP contribution in [0.1, 0.15) is 25.8 Å². The monoisotopic (exact) mass is 291 g/mol. The van der Waals surface area contributed by atoms with Crippen molar-refractivity contribution in [1.82, 2.24) is 5.32 Å². The second-order valence-electron chi connectivity index (χ2n) is 5.47. The van der Waals surface area contributed by atoms with Crippen LogP contribution in [0.4, 0.5) is 0 Å². The van der Waals surface area contributed by atoms with Crippen LogP contribution in [0.25, 0.3) is 10.1 Å². The summed E-state index contributed by atoms with van der Waals surface area (Å²) < 4.78 is 12.8. The zero-order chi connectivity index (χ0) is 13.9. The van der Waals surface area contributed by atoms with E-state index in [1.807, 2.05) is 0 Å². The highest BCUT2D eigenvalue weighted by molar-refractivity contribution is 7.17. The number of rotatable bonds is 4. The smallest absolute Gasteiger partial charge is 0.162 e. The van der Waals surface area contributed by atoms with Gasteiger partial charge in [-0.2, -0.15) is 0 Å². The van der Waals surface area contributed by atoms with E-state index in [4.69, 9.17) is 9.47 Å². The molecule has 1 aliphatic rings. The van der Waals surface area contributed by atoms with E-state index in [2.05, 4.69) is 36.7 Å². The molecule has 1 aromatic heterocycles. The van der Waals surface area contributed by atoms with Gasteiger partial charge in [0.1, 0.15) is 0 Å². The third kappa shape index (κ3) is 2.91. The molecule has 3 nitrogen and oxygen atoms in total. The van der Waals surface area contributed by atoms with Gasteiger partial charge in [-0.25, -0.2) is 0 Å². The van der Waals surface area contributed by atoms with Gasteiger partial charge in [-0.15, -0.1) is 11.3 Å². The lowest BCUT2D eigenvalue weighted by molar-refractivity contribution is 0.297. The third-order valence-corrected chi connectivity index (χ3v) is 4.46. The minimum absolute atomic E-state index is 0.535. The minimum atomic E-state index is 0.535. The molecule has 0 amide bonds. The summed E-state index contributed by atoms with van der Waals surface area (Å²) in [6, 6.07) is 4.81. The van der Waals surface area contributed by atoms with Gasteiger partial charge < -0.3 is 14.8 Å². The maximum atomic E-state index is 5.79. The van der Waals surface area contributed by atoms with Crippen molar-refractivity contribution in [2.24, 2.45) is 0 Å². The molecule has 1 aromatic carbocycles. The highest BCUT2D eigenvalue weighted by atomic mass is 32.1. The fourth-order valence-electron chi connectivity index (χ4n) is 2.43. The summed E-state index contributed by atoms with van der Waals surface area (Å²) in [5.74, 6) is 1.79. The molecule has 0 fully saturated rings. The summed E-state index contributed by atoms with van der Waals surface area (Å²) in [4.78, 5) is 0. The predicted molar refractivity (Wildman–Crippen MR) is 84.3 cm³/mol. The zero-order valence-corrected chi connectivity index (χ0v) is 12.9. The van der Waals surface area contributed by atoms with Gasteiger partial charge in [-0.1, -0.05) is 13.8 Å². The zero-order valence-electron chi connectivity index (χ0n) is 12.1. The number of nitrogens with one attached hydrogen (secondary N) is 1. The van der Waals surface area contributed by atoms with E-state index in [1.54, 1.807) is 11.3 Å². The van der Waals surface area contributed by atoms with Crippen LogP contribution in [0.3, 0.4) is 0 Å². The van der Waals surface area contributed by atoms with Gasteiger partial charge in [0, 0.05) is 23.2 Å². The first-order valence-corrected chi connectivity index (χ1v) is 8.15. The number of hydrogen-bond acceptors (Lipinski definition) is 4. The van der Waals surface area contributed by atoms with Gasteiger partial charge in [-0.05, 0) is 35.4 Å². The Hall–Kier alpha value is -1.26. The lowest BCUT2D eigenvalue weighted by Crippen LogP contribution is -2.24. The van der Waals surface area contributed by atoms with Crippen molar-refractivity contribution < 1.29 is 9.47 Å². The van der Waals surface area contributed by atoms with E-state index in [0.29, 0.717) is 6.04 Å². The van der Waals surface area contributed by atoms with Gasteiger partial charge in [0.2, 0.25) is 0 Å². The number of hydrogen-bond donors (Lipinski definition) is 1. The summed E-state index contributed by atoms with van der Waals surface area (Å²) in [7, 11) is 0. The lowest BCUT2D eigenvalue weighted by atomic mass is 10.1. The maximum Gasteiger partial charge on any atom is 0.162 e. The Labute approximate surface area is 123 Å². The lowest BCUT2D eigenvalue weighted by Gasteiger charge is -2.09. The molecule has 0 saturated carbocycles. The summed E-state index contributed by atoms with van der Waals surface area (Å²) in [5, 5.41) is 7.04. The van der Waals surface area contributed by atoms with Crippen LogP contribution in [-0.2, 0) is 6.42 Å². The second-order valence-corrected chi connectivity index (χ2v) is 6.38. The van der Waals surface area contributed by atoms with E-state index in [9.17, 15) is 0 Å². The summed E-state index contributed by atoms with van der Waals surface area (Å²) >= 11 is 1.79. The Morgan fingerprint density at radius 3 is 2.70 bits per heavy atom. The molecule has 108 valence electrons. The Morgan fingerprint density at radius 1 is 1.20 bits per heavy atom. The van der Waals surface area contributed by atoms with Crippen molar-refractivity contribution in [1.29, 1.82) is 0 Å². The van der Waals surface area contributed by atoms with Gasteiger partial charge in [0.05, 0.1) is 13.2 Å². The first-order valence-electron chi connectivity index (χ1n) is 7.27. The highest BCUT2D eigenvalue weighted by Gasteiger charge is 2.14. The molecule has 0 bridgehead atoms. The topological polar surface area (TPSA) is 30.5 Å². The molecule has 3 rings (SSSR count). The van der Waals surface area contributed by atoms with Crippen molar-refractivity contribution in [3.63, 3.8) is 0 Å². The quantitative estimate of drug-likeness (QED) is 0.933. The molecular formula is C16H21NO2S. The largest absolute Gasteiger partial charge is 0.490 e. The minimum Gasteiger partial charge on any atom is -0.490 e. The second kappa shape index (κ2) is 6.02. The SMILES string of the molecule is CC(C)NCCc1csc2cc3c(cc12)OCCCO3. The number of fused-ring (bicyclic) bond motifs is 2. The standard InChI is InChI=1S/C16H21NO2S/c1-11(2)17-5-4-12-10-20-16-9-15-14(8-13(12)16)18-6-3-7-19-15/h8-11,17H,3-7H2,1-2H3. The fourth-order valence-corrected chi connectivity index (χ4v) is 3.43. The summed E-state index contributed by atoms with van der Waals surface area (Å²) in [5.41, 5.74) is 1.40. The number of ether oxygens (including phenoxy) is 2. The van der Waals surface area contributed by atoms with Crippen molar-refractivity contribution in [3.8, 4) is 11.5 Å². The molecule has 0 aliphatic carbocycles. The molecule has 0 saturated heterocycles.